The lowest BCUT2D eigenvalue weighted by Crippen LogP contribution is -2.33. The first-order valence-electron chi connectivity index (χ1n) is 7.69. The molecule has 2 aliphatic rings. The van der Waals surface area contributed by atoms with Crippen LogP contribution in [0.3, 0.4) is 0 Å². The molecule has 1 saturated carbocycles. The predicted octanol–water partition coefficient (Wildman–Crippen LogP) is 3.12. The monoisotopic (exact) mass is 251 g/mol. The van der Waals surface area contributed by atoms with Crippen LogP contribution in [0.2, 0.25) is 0 Å². The molecule has 2 nitrogen and oxygen atoms in total. The lowest BCUT2D eigenvalue weighted by atomic mass is 9.83. The highest BCUT2D eigenvalue weighted by molar-refractivity contribution is 5.06. The third-order valence-electron chi connectivity index (χ3n) is 4.51. The molecule has 2 aliphatic carbocycles. The molecule has 0 heterocycles. The van der Waals surface area contributed by atoms with Gasteiger partial charge < -0.3 is 10.4 Å². The minimum atomic E-state index is -0.0366. The van der Waals surface area contributed by atoms with Gasteiger partial charge in [0.1, 0.15) is 0 Å². The van der Waals surface area contributed by atoms with E-state index in [1.165, 1.54) is 25.7 Å². The quantitative estimate of drug-likeness (QED) is 0.752. The molecule has 0 aromatic rings. The fourth-order valence-electron chi connectivity index (χ4n) is 3.78. The topological polar surface area (TPSA) is 32.3 Å². The second-order valence-electron chi connectivity index (χ2n) is 6.64. The standard InChI is InChI=1S/C16H29NO/c1-12-6-13(2)8-15(7-12)11-17-10-14-4-3-5-16(18)9-14/h6,12,14-18H,3-5,7-11H2,1-2H3. The summed E-state index contributed by atoms with van der Waals surface area (Å²) in [5.41, 5.74) is 1.56. The van der Waals surface area contributed by atoms with Gasteiger partial charge in [-0.25, -0.2) is 0 Å². The average Bonchev–Trinajstić information content (AvgIpc) is 2.27. The number of aliphatic hydroxyl groups is 1. The van der Waals surface area contributed by atoms with E-state index < -0.39 is 0 Å². The lowest BCUT2D eigenvalue weighted by Gasteiger charge is -2.29. The molecular weight excluding hydrogens is 222 g/mol. The molecule has 0 amide bonds. The number of aliphatic hydroxyl groups excluding tert-OH is 1. The second-order valence-corrected chi connectivity index (χ2v) is 6.64. The Bertz CT molecular complexity index is 287. The van der Waals surface area contributed by atoms with Crippen LogP contribution in [0, 0.1) is 17.8 Å². The molecule has 0 aliphatic heterocycles. The van der Waals surface area contributed by atoms with E-state index in [9.17, 15) is 5.11 Å². The van der Waals surface area contributed by atoms with E-state index in [0.29, 0.717) is 5.92 Å². The summed E-state index contributed by atoms with van der Waals surface area (Å²) in [6.45, 7) is 6.85. The molecule has 4 atom stereocenters. The average molecular weight is 251 g/mol. The Labute approximate surface area is 112 Å². The normalized spacial score (nSPS) is 37.4. The fourth-order valence-corrected chi connectivity index (χ4v) is 3.78. The molecule has 104 valence electrons. The van der Waals surface area contributed by atoms with Gasteiger partial charge in [0, 0.05) is 0 Å². The smallest absolute Gasteiger partial charge is 0.0543 e. The number of allylic oxidation sites excluding steroid dienone is 2. The largest absolute Gasteiger partial charge is 0.393 e. The number of hydrogen-bond acceptors (Lipinski definition) is 2. The Kier molecular flexibility index (Phi) is 5.25. The highest BCUT2D eigenvalue weighted by Crippen LogP contribution is 2.28. The molecule has 0 radical (unpaired) electrons. The van der Waals surface area contributed by atoms with Gasteiger partial charge in [0.15, 0.2) is 0 Å². The molecule has 2 rings (SSSR count). The second kappa shape index (κ2) is 6.72. The highest BCUT2D eigenvalue weighted by atomic mass is 16.3. The molecule has 0 saturated heterocycles. The van der Waals surface area contributed by atoms with E-state index in [1.54, 1.807) is 5.57 Å². The van der Waals surface area contributed by atoms with Crippen molar-refractivity contribution in [3.05, 3.63) is 11.6 Å². The molecule has 2 heteroatoms. The van der Waals surface area contributed by atoms with Gasteiger partial charge in [0.25, 0.3) is 0 Å². The van der Waals surface area contributed by atoms with Gasteiger partial charge in [-0.1, -0.05) is 25.0 Å². The van der Waals surface area contributed by atoms with Crippen molar-refractivity contribution in [2.24, 2.45) is 17.8 Å². The van der Waals surface area contributed by atoms with Crippen molar-refractivity contribution >= 4 is 0 Å². The maximum absolute atomic E-state index is 9.66. The first-order chi connectivity index (χ1) is 8.63. The van der Waals surface area contributed by atoms with E-state index in [-0.39, 0.29) is 6.10 Å². The van der Waals surface area contributed by atoms with E-state index in [0.717, 1.165) is 37.8 Å². The molecule has 1 fully saturated rings. The van der Waals surface area contributed by atoms with Gasteiger partial charge in [-0.3, -0.25) is 0 Å². The predicted molar refractivity (Wildman–Crippen MR) is 76.5 cm³/mol. The first-order valence-corrected chi connectivity index (χ1v) is 7.69. The van der Waals surface area contributed by atoms with Gasteiger partial charge in [0.2, 0.25) is 0 Å². The van der Waals surface area contributed by atoms with Gasteiger partial charge in [-0.05, 0) is 69.9 Å². The molecule has 18 heavy (non-hydrogen) atoms. The van der Waals surface area contributed by atoms with Crippen LogP contribution >= 0.6 is 0 Å². The molecule has 0 aromatic carbocycles. The van der Waals surface area contributed by atoms with Crippen LogP contribution < -0.4 is 5.32 Å². The summed E-state index contributed by atoms with van der Waals surface area (Å²) in [4.78, 5) is 0. The van der Waals surface area contributed by atoms with Crippen molar-refractivity contribution in [1.29, 1.82) is 0 Å². The zero-order chi connectivity index (χ0) is 13.0. The Hall–Kier alpha value is -0.340. The maximum Gasteiger partial charge on any atom is 0.0543 e. The van der Waals surface area contributed by atoms with Crippen LogP contribution in [-0.4, -0.2) is 24.3 Å². The third kappa shape index (κ3) is 4.40. The number of hydrogen-bond donors (Lipinski definition) is 2. The van der Waals surface area contributed by atoms with Crippen LogP contribution in [0.4, 0.5) is 0 Å². The van der Waals surface area contributed by atoms with Crippen LogP contribution in [0.15, 0.2) is 11.6 Å². The van der Waals surface area contributed by atoms with Crippen LogP contribution in [0.5, 0.6) is 0 Å². The Morgan fingerprint density at radius 3 is 2.72 bits per heavy atom. The fraction of sp³-hybridized carbons (Fsp3) is 0.875. The van der Waals surface area contributed by atoms with E-state index >= 15 is 0 Å². The lowest BCUT2D eigenvalue weighted by molar-refractivity contribution is 0.100. The van der Waals surface area contributed by atoms with Crippen LogP contribution in [-0.2, 0) is 0 Å². The van der Waals surface area contributed by atoms with Gasteiger partial charge in [-0.15, -0.1) is 0 Å². The summed E-state index contributed by atoms with van der Waals surface area (Å²) in [5, 5.41) is 13.3. The van der Waals surface area contributed by atoms with Crippen molar-refractivity contribution in [2.75, 3.05) is 13.1 Å². The van der Waals surface area contributed by atoms with Crippen molar-refractivity contribution in [2.45, 2.75) is 58.5 Å². The van der Waals surface area contributed by atoms with Gasteiger partial charge in [-0.2, -0.15) is 0 Å². The van der Waals surface area contributed by atoms with Crippen LogP contribution in [0.1, 0.15) is 52.4 Å². The summed E-state index contributed by atoms with van der Waals surface area (Å²) < 4.78 is 0. The number of nitrogens with one attached hydrogen (secondary N) is 1. The molecule has 0 bridgehead atoms. The summed E-state index contributed by atoms with van der Waals surface area (Å²) in [7, 11) is 0. The molecule has 0 spiro atoms. The van der Waals surface area contributed by atoms with Crippen molar-refractivity contribution in [3.8, 4) is 0 Å². The first kappa shape index (κ1) is 14.1. The van der Waals surface area contributed by atoms with Crippen molar-refractivity contribution in [1.82, 2.24) is 5.32 Å². The Balaban J connectivity index is 1.65. The third-order valence-corrected chi connectivity index (χ3v) is 4.51. The van der Waals surface area contributed by atoms with Gasteiger partial charge >= 0.3 is 0 Å². The van der Waals surface area contributed by atoms with Crippen LogP contribution in [0.25, 0.3) is 0 Å². The number of rotatable bonds is 4. The molecular formula is C16H29NO. The van der Waals surface area contributed by atoms with Crippen molar-refractivity contribution in [3.63, 3.8) is 0 Å². The summed E-state index contributed by atoms with van der Waals surface area (Å²) in [5.74, 6) is 2.27. The summed E-state index contributed by atoms with van der Waals surface area (Å²) in [6, 6.07) is 0. The SMILES string of the molecule is CC1=CC(C)CC(CNCC2CCCC(O)C2)C1. The maximum atomic E-state index is 9.66. The van der Waals surface area contributed by atoms with E-state index in [2.05, 4.69) is 25.2 Å². The minimum Gasteiger partial charge on any atom is -0.393 e. The minimum absolute atomic E-state index is 0.0366. The zero-order valence-corrected chi connectivity index (χ0v) is 12.0. The summed E-state index contributed by atoms with van der Waals surface area (Å²) >= 11 is 0. The highest BCUT2D eigenvalue weighted by Gasteiger charge is 2.21. The van der Waals surface area contributed by atoms with E-state index in [4.69, 9.17) is 0 Å². The Morgan fingerprint density at radius 2 is 2.00 bits per heavy atom. The zero-order valence-electron chi connectivity index (χ0n) is 12.0. The summed E-state index contributed by atoms with van der Waals surface area (Å²) in [6.07, 6.45) is 9.51. The molecule has 0 aromatic heterocycles. The Morgan fingerprint density at radius 1 is 1.22 bits per heavy atom. The van der Waals surface area contributed by atoms with Crippen molar-refractivity contribution < 1.29 is 5.11 Å². The van der Waals surface area contributed by atoms with Gasteiger partial charge in [0.05, 0.1) is 6.10 Å². The molecule has 4 unspecified atom stereocenters. The molecule has 2 N–H and O–H groups in total. The van der Waals surface area contributed by atoms with E-state index in [1.807, 2.05) is 0 Å².